The van der Waals surface area contributed by atoms with Crippen LogP contribution < -0.4 is 21.3 Å². The van der Waals surface area contributed by atoms with Gasteiger partial charge in [-0.3, -0.25) is 14.3 Å². The monoisotopic (exact) mass is 560 g/mol. The Morgan fingerprint density at radius 2 is 1.76 bits per heavy atom. The number of aromatic amines is 1. The molecule has 1 fully saturated rings. The minimum Gasteiger partial charge on any atom is -0.405 e. The van der Waals surface area contributed by atoms with Crippen LogP contribution in [0.3, 0.4) is 0 Å². The zero-order valence-corrected chi connectivity index (χ0v) is 21.3. The lowest BCUT2D eigenvalue weighted by molar-refractivity contribution is -0.274. The van der Waals surface area contributed by atoms with Crippen molar-refractivity contribution in [1.82, 2.24) is 19.8 Å². The summed E-state index contributed by atoms with van der Waals surface area (Å²) >= 11 is 6.03. The van der Waals surface area contributed by atoms with Crippen molar-refractivity contribution in [1.29, 1.82) is 0 Å². The molecule has 1 aromatic heterocycles. The van der Waals surface area contributed by atoms with E-state index >= 15 is 0 Å². The summed E-state index contributed by atoms with van der Waals surface area (Å²) in [5.41, 5.74) is -1.46. The number of nitrogens with zero attached hydrogens (tertiary/aromatic N) is 2. The molecular weight excluding hydrogens is 537 g/mol. The number of ether oxygens (including phenoxy) is 1. The first-order valence-electron chi connectivity index (χ1n) is 11.4. The summed E-state index contributed by atoms with van der Waals surface area (Å²) in [5.74, 6) is -0.773. The summed E-state index contributed by atoms with van der Waals surface area (Å²) in [6, 6.07) is 6.25. The van der Waals surface area contributed by atoms with Crippen LogP contribution in [0.25, 0.3) is 10.9 Å². The standard InChI is InChI=1S/C23H24ClF3N4O5S/c1-2-37(34,35)20-4-3-16(24)9-15(20)13-31-21(32)17-11-19(36-23(25,26)27)14(10-18(17)29-22(31)33)12-30-7-5-28-6-8-30/h3-4,9-11,28H,2,5-8,12-13H2,1H3,(H,29,33). The van der Waals surface area contributed by atoms with Crippen LogP contribution in [0.1, 0.15) is 18.1 Å². The molecule has 2 N–H and O–H groups in total. The number of H-pyrrole nitrogens is 1. The highest BCUT2D eigenvalue weighted by atomic mass is 35.5. The van der Waals surface area contributed by atoms with E-state index in [0.717, 1.165) is 10.6 Å². The molecule has 0 saturated carbocycles. The number of hydrogen-bond donors (Lipinski definition) is 2. The molecule has 2 aromatic carbocycles. The molecule has 1 aliphatic heterocycles. The fraction of sp³-hybridized carbons (Fsp3) is 0.391. The Labute approximate surface area is 214 Å². The predicted octanol–water partition coefficient (Wildman–Crippen LogP) is 2.49. The van der Waals surface area contributed by atoms with Gasteiger partial charge < -0.3 is 15.0 Å². The first-order valence-corrected chi connectivity index (χ1v) is 13.4. The van der Waals surface area contributed by atoms with Crippen molar-refractivity contribution in [3.8, 4) is 5.75 Å². The van der Waals surface area contributed by atoms with Crippen molar-refractivity contribution in [2.75, 3.05) is 31.9 Å². The molecule has 0 aliphatic carbocycles. The molecule has 3 aromatic rings. The Bertz CT molecular complexity index is 1550. The molecule has 0 radical (unpaired) electrons. The minimum atomic E-state index is -5.00. The Balaban J connectivity index is 1.84. The molecule has 0 atom stereocenters. The van der Waals surface area contributed by atoms with E-state index in [-0.39, 0.29) is 44.2 Å². The molecule has 14 heteroatoms. The number of hydrogen-bond acceptors (Lipinski definition) is 7. The van der Waals surface area contributed by atoms with E-state index in [9.17, 15) is 31.2 Å². The number of halogens is 4. The molecule has 4 rings (SSSR count). The van der Waals surface area contributed by atoms with Gasteiger partial charge in [0.15, 0.2) is 9.84 Å². The summed E-state index contributed by atoms with van der Waals surface area (Å²) in [5, 5.41) is 3.12. The summed E-state index contributed by atoms with van der Waals surface area (Å²) in [6.45, 7) is 3.65. The third-order valence-corrected chi connectivity index (χ3v) is 8.12. The zero-order valence-electron chi connectivity index (χ0n) is 19.7. The van der Waals surface area contributed by atoms with E-state index in [1.54, 1.807) is 0 Å². The van der Waals surface area contributed by atoms with Crippen molar-refractivity contribution < 1.29 is 26.3 Å². The van der Waals surface area contributed by atoms with Crippen LogP contribution in [0.5, 0.6) is 5.75 Å². The largest absolute Gasteiger partial charge is 0.573 e. The van der Waals surface area contributed by atoms with Crippen molar-refractivity contribution in [3.05, 3.63) is 67.3 Å². The smallest absolute Gasteiger partial charge is 0.405 e. The number of aromatic nitrogens is 2. The maximum absolute atomic E-state index is 13.3. The Morgan fingerprint density at radius 1 is 1.05 bits per heavy atom. The number of benzene rings is 2. The molecule has 1 saturated heterocycles. The van der Waals surface area contributed by atoms with Crippen molar-refractivity contribution >= 4 is 32.3 Å². The van der Waals surface area contributed by atoms with E-state index in [2.05, 4.69) is 15.0 Å². The van der Waals surface area contributed by atoms with Gasteiger partial charge in [0.05, 0.1) is 28.1 Å². The number of nitrogens with one attached hydrogen (secondary N) is 2. The lowest BCUT2D eigenvalue weighted by Crippen LogP contribution is -2.43. The van der Waals surface area contributed by atoms with Gasteiger partial charge in [-0.1, -0.05) is 18.5 Å². The first kappa shape index (κ1) is 27.2. The number of piperazine rings is 1. The molecule has 37 heavy (non-hydrogen) atoms. The summed E-state index contributed by atoms with van der Waals surface area (Å²) in [4.78, 5) is 30.5. The highest BCUT2D eigenvalue weighted by Gasteiger charge is 2.33. The lowest BCUT2D eigenvalue weighted by atomic mass is 10.1. The van der Waals surface area contributed by atoms with E-state index in [1.807, 2.05) is 4.90 Å². The van der Waals surface area contributed by atoms with Gasteiger partial charge in [-0.05, 0) is 35.9 Å². The van der Waals surface area contributed by atoms with Gasteiger partial charge in [-0.15, -0.1) is 13.2 Å². The highest BCUT2D eigenvalue weighted by molar-refractivity contribution is 7.91. The van der Waals surface area contributed by atoms with Crippen LogP contribution in [-0.2, 0) is 22.9 Å². The molecule has 1 aliphatic rings. The van der Waals surface area contributed by atoms with Gasteiger partial charge in [0, 0.05) is 43.3 Å². The molecule has 0 spiro atoms. The zero-order chi connectivity index (χ0) is 27.0. The van der Waals surface area contributed by atoms with Gasteiger partial charge >= 0.3 is 12.1 Å². The molecule has 9 nitrogen and oxygen atoms in total. The number of rotatable bonds is 7. The molecule has 200 valence electrons. The van der Waals surface area contributed by atoms with Gasteiger partial charge in [-0.2, -0.15) is 0 Å². The topological polar surface area (TPSA) is 114 Å². The predicted molar refractivity (Wildman–Crippen MR) is 132 cm³/mol. The number of fused-ring (bicyclic) bond motifs is 1. The van der Waals surface area contributed by atoms with E-state index in [0.29, 0.717) is 26.2 Å². The first-order chi connectivity index (χ1) is 17.4. The fourth-order valence-corrected chi connectivity index (χ4v) is 5.53. The minimum absolute atomic E-state index is 0.0402. The third kappa shape index (κ3) is 6.17. The van der Waals surface area contributed by atoms with Crippen LogP contribution in [0, 0.1) is 0 Å². The molecular formula is C23H24ClF3N4O5S. The van der Waals surface area contributed by atoms with Gasteiger partial charge in [-0.25, -0.2) is 13.2 Å². The third-order valence-electron chi connectivity index (χ3n) is 6.06. The Kier molecular flexibility index (Phi) is 7.70. The van der Waals surface area contributed by atoms with Crippen LogP contribution in [0.2, 0.25) is 5.02 Å². The average Bonchev–Trinajstić information content (AvgIpc) is 2.82. The Hall–Kier alpha value is -2.87. The van der Waals surface area contributed by atoms with Crippen LogP contribution in [0.15, 0.2) is 44.8 Å². The summed E-state index contributed by atoms with van der Waals surface area (Å²) < 4.78 is 69.6. The fourth-order valence-electron chi connectivity index (χ4n) is 4.22. The lowest BCUT2D eigenvalue weighted by Gasteiger charge is -2.28. The van der Waals surface area contributed by atoms with Gasteiger partial charge in [0.1, 0.15) is 5.75 Å². The SMILES string of the molecule is CCS(=O)(=O)c1ccc(Cl)cc1Cn1c(=O)[nH]c2cc(CN3CCNCC3)c(OC(F)(F)F)cc2c1=O. The van der Waals surface area contributed by atoms with E-state index in [4.69, 9.17) is 11.6 Å². The van der Waals surface area contributed by atoms with Crippen LogP contribution >= 0.6 is 11.6 Å². The molecule has 0 bridgehead atoms. The van der Waals surface area contributed by atoms with Crippen LogP contribution in [0.4, 0.5) is 13.2 Å². The van der Waals surface area contributed by atoms with Crippen molar-refractivity contribution in [2.45, 2.75) is 31.3 Å². The number of alkyl halides is 3. The van der Waals surface area contributed by atoms with Crippen molar-refractivity contribution in [2.24, 2.45) is 0 Å². The normalized spacial score (nSPS) is 15.3. The molecule has 2 heterocycles. The summed E-state index contributed by atoms with van der Waals surface area (Å²) in [6.07, 6.45) is -5.00. The van der Waals surface area contributed by atoms with Gasteiger partial charge in [0.2, 0.25) is 0 Å². The second-order valence-corrected chi connectivity index (χ2v) is 11.2. The van der Waals surface area contributed by atoms with Gasteiger partial charge in [0.25, 0.3) is 5.56 Å². The average molecular weight is 561 g/mol. The van der Waals surface area contributed by atoms with Crippen LogP contribution in [-0.4, -0.2) is 61.2 Å². The quantitative estimate of drug-likeness (QED) is 0.456. The van der Waals surface area contributed by atoms with E-state index in [1.165, 1.54) is 31.2 Å². The number of sulfone groups is 1. The molecule has 0 unspecified atom stereocenters. The second-order valence-electron chi connectivity index (χ2n) is 8.56. The maximum atomic E-state index is 13.3. The van der Waals surface area contributed by atoms with E-state index < -0.39 is 39.7 Å². The molecule has 0 amide bonds. The Morgan fingerprint density at radius 3 is 2.41 bits per heavy atom. The summed E-state index contributed by atoms with van der Waals surface area (Å²) in [7, 11) is -3.72. The van der Waals surface area contributed by atoms with Crippen molar-refractivity contribution in [3.63, 3.8) is 0 Å². The highest BCUT2D eigenvalue weighted by Crippen LogP contribution is 2.30. The second kappa shape index (κ2) is 10.5. The maximum Gasteiger partial charge on any atom is 0.573 e.